The third kappa shape index (κ3) is 6.12. The maximum absolute atomic E-state index is 11.1. The van der Waals surface area contributed by atoms with Gasteiger partial charge in [-0.2, -0.15) is 0 Å². The van der Waals surface area contributed by atoms with Gasteiger partial charge in [-0.25, -0.2) is 9.78 Å². The number of aromatic nitrogens is 1. The van der Waals surface area contributed by atoms with Crippen LogP contribution < -0.4 is 5.32 Å². The molecule has 1 aromatic rings. The minimum absolute atomic E-state index is 0.301. The molecule has 0 aliphatic heterocycles. The van der Waals surface area contributed by atoms with Gasteiger partial charge in [-0.15, -0.1) is 0 Å². The van der Waals surface area contributed by atoms with Gasteiger partial charge in [-0.05, 0) is 52.4 Å². The molecule has 1 rings (SSSR count). The van der Waals surface area contributed by atoms with Gasteiger partial charge >= 0.3 is 5.97 Å². The number of hydrogen-bond donors (Lipinski definition) is 2. The molecule has 0 bridgehead atoms. The molecule has 0 radical (unpaired) electrons. The summed E-state index contributed by atoms with van der Waals surface area (Å²) in [5, 5.41) is 12.4. The molecular formula is C16H27N3O2. The second kappa shape index (κ2) is 8.62. The van der Waals surface area contributed by atoms with Crippen molar-refractivity contribution in [2.45, 2.75) is 46.1 Å². The number of hydrogen-bond acceptors (Lipinski definition) is 4. The van der Waals surface area contributed by atoms with Crippen LogP contribution in [0.4, 0.5) is 5.82 Å². The predicted molar refractivity (Wildman–Crippen MR) is 86.1 cm³/mol. The highest BCUT2D eigenvalue weighted by molar-refractivity contribution is 5.88. The molecule has 5 heteroatoms. The maximum atomic E-state index is 11.1. The molecule has 21 heavy (non-hydrogen) atoms. The Morgan fingerprint density at radius 1 is 1.43 bits per heavy atom. The second-order valence-corrected chi connectivity index (χ2v) is 5.64. The summed E-state index contributed by atoms with van der Waals surface area (Å²) in [5.41, 5.74) is 1.13. The summed E-state index contributed by atoms with van der Waals surface area (Å²) in [7, 11) is 2.10. The molecular weight excluding hydrogens is 266 g/mol. The quantitative estimate of drug-likeness (QED) is 0.685. The molecule has 2 N–H and O–H groups in total. The van der Waals surface area contributed by atoms with Crippen molar-refractivity contribution in [3.05, 3.63) is 23.4 Å². The number of aromatic carboxylic acids is 1. The van der Waals surface area contributed by atoms with E-state index in [1.165, 1.54) is 0 Å². The Morgan fingerprint density at radius 2 is 2.14 bits per heavy atom. The van der Waals surface area contributed by atoms with Crippen LogP contribution in [0.15, 0.2) is 12.1 Å². The molecule has 0 aliphatic rings. The van der Waals surface area contributed by atoms with Crippen molar-refractivity contribution in [2.24, 2.45) is 0 Å². The Labute approximate surface area is 127 Å². The van der Waals surface area contributed by atoms with Crippen LogP contribution >= 0.6 is 0 Å². The van der Waals surface area contributed by atoms with E-state index in [1.807, 2.05) is 0 Å². The Balaban J connectivity index is 2.59. The van der Waals surface area contributed by atoms with Crippen molar-refractivity contribution in [3.8, 4) is 0 Å². The first-order valence-corrected chi connectivity index (χ1v) is 7.62. The van der Waals surface area contributed by atoms with Gasteiger partial charge in [-0.3, -0.25) is 0 Å². The van der Waals surface area contributed by atoms with E-state index in [0.29, 0.717) is 17.4 Å². The normalized spacial score (nSPS) is 11.1. The first kappa shape index (κ1) is 17.4. The third-order valence-electron chi connectivity index (χ3n) is 3.51. The first-order valence-electron chi connectivity index (χ1n) is 7.62. The molecule has 5 nitrogen and oxygen atoms in total. The number of anilines is 1. The van der Waals surface area contributed by atoms with Gasteiger partial charge in [0, 0.05) is 18.3 Å². The standard InChI is InChI=1S/C16H27N3O2/c1-5-7-14-10-13(16(20)21)11-15(18-14)17-8-6-9-19(4)12(2)3/h10-12H,5-9H2,1-4H3,(H,17,18)(H,20,21). The van der Waals surface area contributed by atoms with Crippen LogP contribution in [-0.2, 0) is 6.42 Å². The number of pyridine rings is 1. The monoisotopic (exact) mass is 293 g/mol. The second-order valence-electron chi connectivity index (χ2n) is 5.64. The van der Waals surface area contributed by atoms with E-state index in [-0.39, 0.29) is 0 Å². The number of nitrogens with zero attached hydrogens (tertiary/aromatic N) is 2. The smallest absolute Gasteiger partial charge is 0.335 e. The number of carboxylic acid groups (broad SMARTS) is 1. The maximum Gasteiger partial charge on any atom is 0.335 e. The zero-order valence-electron chi connectivity index (χ0n) is 13.5. The minimum Gasteiger partial charge on any atom is -0.478 e. The average Bonchev–Trinajstić information content (AvgIpc) is 2.43. The van der Waals surface area contributed by atoms with E-state index in [2.05, 4.69) is 43.0 Å². The molecule has 1 aromatic heterocycles. The summed E-state index contributed by atoms with van der Waals surface area (Å²) in [6, 6.07) is 3.80. The van der Waals surface area contributed by atoms with E-state index in [9.17, 15) is 4.79 Å². The highest BCUT2D eigenvalue weighted by Gasteiger charge is 2.08. The molecule has 0 saturated carbocycles. The fourth-order valence-electron chi connectivity index (χ4n) is 1.99. The summed E-state index contributed by atoms with van der Waals surface area (Å²) >= 11 is 0. The van der Waals surface area contributed by atoms with Gasteiger partial charge in [0.15, 0.2) is 0 Å². The van der Waals surface area contributed by atoms with E-state index in [0.717, 1.165) is 38.0 Å². The fourth-order valence-corrected chi connectivity index (χ4v) is 1.99. The van der Waals surface area contributed by atoms with E-state index < -0.39 is 5.97 Å². The van der Waals surface area contributed by atoms with Crippen molar-refractivity contribution in [1.82, 2.24) is 9.88 Å². The van der Waals surface area contributed by atoms with Gasteiger partial charge < -0.3 is 15.3 Å². The largest absolute Gasteiger partial charge is 0.478 e. The van der Waals surface area contributed by atoms with Crippen LogP contribution in [0.1, 0.15) is 49.7 Å². The van der Waals surface area contributed by atoms with Crippen LogP contribution in [-0.4, -0.2) is 47.1 Å². The fraction of sp³-hybridized carbons (Fsp3) is 0.625. The Kier molecular flexibility index (Phi) is 7.15. The van der Waals surface area contributed by atoms with Gasteiger partial charge in [0.05, 0.1) is 5.56 Å². The lowest BCUT2D eigenvalue weighted by Crippen LogP contribution is -2.28. The summed E-state index contributed by atoms with van der Waals surface area (Å²) in [4.78, 5) is 17.9. The summed E-state index contributed by atoms with van der Waals surface area (Å²) in [5.74, 6) is -0.247. The van der Waals surface area contributed by atoms with Gasteiger partial charge in [0.1, 0.15) is 5.82 Å². The minimum atomic E-state index is -0.905. The zero-order chi connectivity index (χ0) is 15.8. The summed E-state index contributed by atoms with van der Waals surface area (Å²) in [6.45, 7) is 8.19. The van der Waals surface area contributed by atoms with Crippen LogP contribution in [0, 0.1) is 0 Å². The number of carbonyl (C=O) groups is 1. The number of carboxylic acids is 1. The van der Waals surface area contributed by atoms with E-state index in [1.54, 1.807) is 12.1 Å². The van der Waals surface area contributed by atoms with Crippen molar-refractivity contribution in [3.63, 3.8) is 0 Å². The summed E-state index contributed by atoms with van der Waals surface area (Å²) < 4.78 is 0. The van der Waals surface area contributed by atoms with Crippen molar-refractivity contribution < 1.29 is 9.90 Å². The van der Waals surface area contributed by atoms with E-state index in [4.69, 9.17) is 5.11 Å². The molecule has 0 saturated heterocycles. The van der Waals surface area contributed by atoms with Gasteiger partial charge in [0.25, 0.3) is 0 Å². The molecule has 0 atom stereocenters. The topological polar surface area (TPSA) is 65.5 Å². The number of aryl methyl sites for hydroxylation is 1. The lowest BCUT2D eigenvalue weighted by molar-refractivity contribution is 0.0696. The molecule has 0 unspecified atom stereocenters. The molecule has 0 aromatic carbocycles. The van der Waals surface area contributed by atoms with Crippen molar-refractivity contribution in [2.75, 3.05) is 25.5 Å². The third-order valence-corrected chi connectivity index (χ3v) is 3.51. The zero-order valence-corrected chi connectivity index (χ0v) is 13.5. The van der Waals surface area contributed by atoms with Crippen molar-refractivity contribution >= 4 is 11.8 Å². The predicted octanol–water partition coefficient (Wildman–Crippen LogP) is 2.87. The number of nitrogens with one attached hydrogen (secondary N) is 1. The SMILES string of the molecule is CCCc1cc(C(=O)O)cc(NCCCN(C)C(C)C)n1. The van der Waals surface area contributed by atoms with Crippen LogP contribution in [0.5, 0.6) is 0 Å². The lowest BCUT2D eigenvalue weighted by atomic mass is 10.1. The average molecular weight is 293 g/mol. The first-order chi connectivity index (χ1) is 9.93. The Morgan fingerprint density at radius 3 is 2.71 bits per heavy atom. The number of rotatable bonds is 9. The Bertz CT molecular complexity index is 461. The van der Waals surface area contributed by atoms with E-state index >= 15 is 0 Å². The van der Waals surface area contributed by atoms with Crippen LogP contribution in [0.3, 0.4) is 0 Å². The molecule has 118 valence electrons. The highest BCUT2D eigenvalue weighted by atomic mass is 16.4. The molecule has 0 aliphatic carbocycles. The van der Waals surface area contributed by atoms with Crippen LogP contribution in [0.2, 0.25) is 0 Å². The van der Waals surface area contributed by atoms with Crippen LogP contribution in [0.25, 0.3) is 0 Å². The summed E-state index contributed by atoms with van der Waals surface area (Å²) in [6.07, 6.45) is 2.75. The van der Waals surface area contributed by atoms with Gasteiger partial charge in [-0.1, -0.05) is 13.3 Å². The van der Waals surface area contributed by atoms with Gasteiger partial charge in [0.2, 0.25) is 0 Å². The molecule has 0 fully saturated rings. The highest BCUT2D eigenvalue weighted by Crippen LogP contribution is 2.12. The lowest BCUT2D eigenvalue weighted by Gasteiger charge is -2.20. The molecule has 0 amide bonds. The molecule has 1 heterocycles. The molecule has 0 spiro atoms. The Hall–Kier alpha value is -1.62. The van der Waals surface area contributed by atoms with Crippen molar-refractivity contribution in [1.29, 1.82) is 0 Å².